The summed E-state index contributed by atoms with van der Waals surface area (Å²) in [4.78, 5) is 2.08. The molecule has 8 heteroatoms. The number of aliphatic hydroxyl groups excluding tert-OH is 1. The Morgan fingerprint density at radius 2 is 1.82 bits per heavy atom. The van der Waals surface area contributed by atoms with Gasteiger partial charge in [0.25, 0.3) is 0 Å². The normalized spacial score (nSPS) is 22.2. The van der Waals surface area contributed by atoms with Gasteiger partial charge in [-0.05, 0) is 71.6 Å². The predicted octanol–water partition coefficient (Wildman–Crippen LogP) is 3.93. The summed E-state index contributed by atoms with van der Waals surface area (Å²) >= 11 is 0. The monoisotopic (exact) mass is 477 g/mol. The molecule has 3 atom stereocenters. The molecule has 0 aliphatic carbocycles. The van der Waals surface area contributed by atoms with E-state index in [0.29, 0.717) is 18.5 Å². The third kappa shape index (κ3) is 3.57. The van der Waals surface area contributed by atoms with Crippen LogP contribution < -0.4 is 4.90 Å². The Kier molecular flexibility index (Phi) is 5.64. The molecule has 34 heavy (non-hydrogen) atoms. The number of benzene rings is 3. The zero-order valence-corrected chi connectivity index (χ0v) is 19.4. The molecular formula is C26H24FN3O3S. The summed E-state index contributed by atoms with van der Waals surface area (Å²) in [5, 5.41) is 19.5. The quantitative estimate of drug-likeness (QED) is 0.616. The molecule has 174 valence electrons. The summed E-state index contributed by atoms with van der Waals surface area (Å²) in [5.41, 5.74) is 4.03. The Hall–Kier alpha value is -3.25. The number of sulfonamides is 1. The lowest BCUT2D eigenvalue weighted by molar-refractivity contribution is 0.193. The third-order valence-electron chi connectivity index (χ3n) is 7.05. The second-order valence-electron chi connectivity index (χ2n) is 8.79. The van der Waals surface area contributed by atoms with Gasteiger partial charge in [-0.2, -0.15) is 9.57 Å². The van der Waals surface area contributed by atoms with Crippen molar-refractivity contribution >= 4 is 15.7 Å². The fourth-order valence-electron chi connectivity index (χ4n) is 5.37. The molecule has 2 aliphatic heterocycles. The highest BCUT2D eigenvalue weighted by molar-refractivity contribution is 7.89. The van der Waals surface area contributed by atoms with Crippen LogP contribution in [0.3, 0.4) is 0 Å². The van der Waals surface area contributed by atoms with E-state index < -0.39 is 21.9 Å². The van der Waals surface area contributed by atoms with Crippen LogP contribution in [0.5, 0.6) is 0 Å². The van der Waals surface area contributed by atoms with Crippen LogP contribution in [0, 0.1) is 23.1 Å². The van der Waals surface area contributed by atoms with Gasteiger partial charge in [-0.1, -0.05) is 18.2 Å². The van der Waals surface area contributed by atoms with Crippen molar-refractivity contribution in [2.24, 2.45) is 5.92 Å². The van der Waals surface area contributed by atoms with Crippen LogP contribution in [-0.4, -0.2) is 44.1 Å². The van der Waals surface area contributed by atoms with E-state index in [1.807, 2.05) is 48.3 Å². The SMILES string of the molecule is CN1c2ccc(-c3cccc(C#N)c3)cc2[C@H]2[C@H](CCN2S(=O)(=O)c2ccc(F)cc2)[C@@H]1CO. The van der Waals surface area contributed by atoms with Crippen molar-refractivity contribution in [2.75, 3.05) is 25.1 Å². The van der Waals surface area contributed by atoms with E-state index >= 15 is 0 Å². The van der Waals surface area contributed by atoms with Gasteiger partial charge in [0, 0.05) is 25.2 Å². The smallest absolute Gasteiger partial charge is 0.243 e. The fraction of sp³-hybridized carbons (Fsp3) is 0.269. The highest BCUT2D eigenvalue weighted by Crippen LogP contribution is 2.51. The first-order valence-corrected chi connectivity index (χ1v) is 12.5. The lowest BCUT2D eigenvalue weighted by Gasteiger charge is -2.44. The first kappa shape index (κ1) is 22.5. The van der Waals surface area contributed by atoms with Crippen molar-refractivity contribution in [3.05, 3.63) is 83.7 Å². The lowest BCUT2D eigenvalue weighted by Crippen LogP contribution is -2.48. The van der Waals surface area contributed by atoms with Crippen LogP contribution in [0.4, 0.5) is 10.1 Å². The number of nitrogens with zero attached hydrogens (tertiary/aromatic N) is 3. The van der Waals surface area contributed by atoms with E-state index in [2.05, 4.69) is 6.07 Å². The molecule has 5 rings (SSSR count). The Morgan fingerprint density at radius 3 is 2.53 bits per heavy atom. The van der Waals surface area contributed by atoms with E-state index in [9.17, 15) is 23.2 Å². The highest BCUT2D eigenvalue weighted by Gasteiger charge is 2.50. The Balaban J connectivity index is 1.64. The van der Waals surface area contributed by atoms with Gasteiger partial charge < -0.3 is 10.0 Å². The maximum Gasteiger partial charge on any atom is 0.243 e. The first-order chi connectivity index (χ1) is 16.3. The number of hydrogen-bond donors (Lipinski definition) is 1. The van der Waals surface area contributed by atoms with Gasteiger partial charge >= 0.3 is 0 Å². The van der Waals surface area contributed by atoms with Crippen molar-refractivity contribution in [3.8, 4) is 17.2 Å². The van der Waals surface area contributed by atoms with E-state index in [1.54, 1.807) is 6.07 Å². The van der Waals surface area contributed by atoms with Crippen molar-refractivity contribution in [1.29, 1.82) is 5.26 Å². The van der Waals surface area contributed by atoms with E-state index in [4.69, 9.17) is 0 Å². The predicted molar refractivity (Wildman–Crippen MR) is 127 cm³/mol. The number of likely N-dealkylation sites (N-methyl/N-ethyl adjacent to an activating group) is 1. The molecule has 6 nitrogen and oxygen atoms in total. The van der Waals surface area contributed by atoms with Crippen molar-refractivity contribution in [1.82, 2.24) is 4.31 Å². The lowest BCUT2D eigenvalue weighted by atomic mass is 9.81. The molecule has 0 radical (unpaired) electrons. The molecule has 3 aromatic rings. The topological polar surface area (TPSA) is 84.6 Å². The molecule has 0 aromatic heterocycles. The number of halogens is 1. The molecule has 0 bridgehead atoms. The summed E-state index contributed by atoms with van der Waals surface area (Å²) in [5.74, 6) is -0.592. The molecule has 0 unspecified atom stereocenters. The van der Waals surface area contributed by atoms with Crippen LogP contribution >= 0.6 is 0 Å². The molecule has 1 N–H and O–H groups in total. The Bertz CT molecular complexity index is 1390. The standard InChI is InChI=1S/C26H24FN3O3S/c1-29-24-10-5-19(18-4-2-3-17(13-18)15-28)14-23(24)26-22(25(29)16-31)11-12-30(26)34(32,33)21-8-6-20(27)7-9-21/h2-10,13-14,22,25-26,31H,11-12,16H2,1H3/t22-,25+,26-/m1/s1. The average molecular weight is 478 g/mol. The first-order valence-electron chi connectivity index (χ1n) is 11.1. The van der Waals surface area contributed by atoms with Crippen LogP contribution in [0.25, 0.3) is 11.1 Å². The minimum Gasteiger partial charge on any atom is -0.394 e. The van der Waals surface area contributed by atoms with E-state index in [-0.39, 0.29) is 23.5 Å². The minimum atomic E-state index is -3.88. The highest BCUT2D eigenvalue weighted by atomic mass is 32.2. The number of fused-ring (bicyclic) bond motifs is 3. The number of hydrogen-bond acceptors (Lipinski definition) is 5. The summed E-state index contributed by atoms with van der Waals surface area (Å²) in [6.07, 6.45) is 0.605. The second-order valence-corrected chi connectivity index (χ2v) is 10.7. The molecule has 1 fully saturated rings. The molecule has 1 saturated heterocycles. The van der Waals surface area contributed by atoms with Crippen LogP contribution in [-0.2, 0) is 10.0 Å². The molecule has 0 amide bonds. The van der Waals surface area contributed by atoms with Gasteiger partial charge in [0.15, 0.2) is 0 Å². The molecule has 2 heterocycles. The minimum absolute atomic E-state index is 0.0495. The van der Waals surface area contributed by atoms with Crippen LogP contribution in [0.2, 0.25) is 0 Å². The van der Waals surface area contributed by atoms with Crippen LogP contribution in [0.15, 0.2) is 71.6 Å². The fourth-order valence-corrected chi connectivity index (χ4v) is 7.04. The van der Waals surface area contributed by atoms with Gasteiger partial charge in [0.05, 0.1) is 35.2 Å². The second kappa shape index (κ2) is 8.51. The summed E-state index contributed by atoms with van der Waals surface area (Å²) in [6.45, 7) is 0.223. The number of aliphatic hydroxyl groups is 1. The number of nitriles is 1. The van der Waals surface area contributed by atoms with Crippen molar-refractivity contribution in [3.63, 3.8) is 0 Å². The van der Waals surface area contributed by atoms with Gasteiger partial charge in [-0.15, -0.1) is 0 Å². The zero-order valence-electron chi connectivity index (χ0n) is 18.6. The van der Waals surface area contributed by atoms with Gasteiger partial charge in [-0.3, -0.25) is 0 Å². The van der Waals surface area contributed by atoms with Crippen LogP contribution in [0.1, 0.15) is 23.6 Å². The van der Waals surface area contributed by atoms with Gasteiger partial charge in [-0.25, -0.2) is 12.8 Å². The number of rotatable bonds is 4. The largest absolute Gasteiger partial charge is 0.394 e. The summed E-state index contributed by atoms with van der Waals surface area (Å²) < 4.78 is 42.2. The molecule has 2 aliphatic rings. The average Bonchev–Trinajstić information content (AvgIpc) is 3.30. The van der Waals surface area contributed by atoms with Gasteiger partial charge in [0.2, 0.25) is 10.0 Å². The zero-order chi connectivity index (χ0) is 24.0. The molecular weight excluding hydrogens is 453 g/mol. The number of anilines is 1. The summed E-state index contributed by atoms with van der Waals surface area (Å²) in [7, 11) is -1.96. The maximum atomic E-state index is 13.6. The third-order valence-corrected chi connectivity index (χ3v) is 8.94. The van der Waals surface area contributed by atoms with Crippen molar-refractivity contribution in [2.45, 2.75) is 23.4 Å². The maximum absolute atomic E-state index is 13.6. The van der Waals surface area contributed by atoms with Gasteiger partial charge in [0.1, 0.15) is 5.82 Å². The van der Waals surface area contributed by atoms with E-state index in [1.165, 1.54) is 16.4 Å². The van der Waals surface area contributed by atoms with E-state index in [0.717, 1.165) is 34.5 Å². The molecule has 3 aromatic carbocycles. The summed E-state index contributed by atoms with van der Waals surface area (Å²) in [6, 6.07) is 19.6. The molecule has 0 saturated carbocycles. The molecule has 0 spiro atoms. The Morgan fingerprint density at radius 1 is 1.09 bits per heavy atom. The Labute approximate surface area is 198 Å². The van der Waals surface area contributed by atoms with Crippen molar-refractivity contribution < 1.29 is 17.9 Å².